The summed E-state index contributed by atoms with van der Waals surface area (Å²) in [5.41, 5.74) is 7.97. The number of carbonyl (C=O) groups excluding carboxylic acids is 6. The quantitative estimate of drug-likeness (QED) is 0.0134. The van der Waals surface area contributed by atoms with Crippen LogP contribution in [0.4, 0.5) is 31.4 Å². The highest BCUT2D eigenvalue weighted by atomic mass is 32.2. The van der Waals surface area contributed by atoms with E-state index in [2.05, 4.69) is 41.9 Å². The van der Waals surface area contributed by atoms with Crippen molar-refractivity contribution < 1.29 is 81.9 Å². The summed E-state index contributed by atoms with van der Waals surface area (Å²) < 4.78 is 114. The lowest BCUT2D eigenvalue weighted by Gasteiger charge is -2.23. The summed E-state index contributed by atoms with van der Waals surface area (Å²) in [5, 5.41) is 26.9. The third kappa shape index (κ3) is 29.5. The fourth-order valence-corrected chi connectivity index (χ4v) is 15.5. The molecule has 0 aliphatic carbocycles. The highest BCUT2D eigenvalue weighted by Crippen LogP contribution is 2.32. The van der Waals surface area contributed by atoms with Gasteiger partial charge in [-0.25, -0.2) is 29.3 Å². The summed E-state index contributed by atoms with van der Waals surface area (Å²) in [4.78, 5) is 91.2. The molecule has 6 aromatic carbocycles. The minimum Gasteiger partial charge on any atom is -0.453 e. The number of aromatic nitrogens is 3. The van der Waals surface area contributed by atoms with Crippen molar-refractivity contribution in [3.05, 3.63) is 257 Å². The van der Waals surface area contributed by atoms with E-state index in [9.17, 15) is 54.0 Å². The van der Waals surface area contributed by atoms with Crippen LogP contribution in [0.25, 0.3) is 10.6 Å². The lowest BCUT2D eigenvalue weighted by atomic mass is 10.0. The molecule has 0 saturated heterocycles. The number of nitrogens with one attached hydrogen (secondary N) is 9. The Labute approximate surface area is 658 Å². The van der Waals surface area contributed by atoms with Crippen LogP contribution in [-0.4, -0.2) is 129 Å². The van der Waals surface area contributed by atoms with Gasteiger partial charge in [0.05, 0.1) is 83.5 Å². The van der Waals surface area contributed by atoms with Crippen LogP contribution in [0.3, 0.4) is 0 Å². The standard InChI is InChI=1S/C26H26N4O6S3.2C24H28N4O6S2/c1-36-26(32)29-20(14-17-6-3-2-4-7-17)24(31)27-21(25-28-22(16-38-25)23-8-5-13-37-23)15-18-9-11-19(12-10-18)30-39(33,34)35;1-3-22-25-21(15-35-22)19(13-17-9-11-18(12-10-17)28-36(31,32)33)26-23(29)20(27-24(30)34-2)14-16-7-5-4-6-8-16;1-3-18-15-35-23(25-18)21(14-17-9-11-19(12-10-17)28-36(31,32)33)26-22(29)20(27-24(30)34-2)13-16-7-5-4-6-8-16/h2-13,16,20-21,30H,14-15H2,1H3,(H,27,31)(H,29,32)(H,33,34,35);4-12,15,19-20,28H,3,13-14H2,1-2H3,(H,26,29)(H,27,30)(H,31,32,33);4-12,15,20-21,28H,3,13-14H2,1-2H3,(H,26,29)(H,27,30)(H,31,32,33)/t20-,21-;19-,20-;20-,21-/m000/s1. The molecule has 4 heterocycles. The van der Waals surface area contributed by atoms with E-state index in [1.165, 1.54) is 91.7 Å². The summed E-state index contributed by atoms with van der Waals surface area (Å²) in [6.07, 6.45) is 1.19. The van der Waals surface area contributed by atoms with Gasteiger partial charge in [-0.3, -0.25) is 42.2 Å². The van der Waals surface area contributed by atoms with Crippen LogP contribution in [0.2, 0.25) is 0 Å². The number of carbonyl (C=O) groups is 6. The lowest BCUT2D eigenvalue weighted by Crippen LogP contribution is -2.49. The second-order valence-corrected chi connectivity index (χ2v) is 31.5. The van der Waals surface area contributed by atoms with Crippen LogP contribution in [0, 0.1) is 0 Å². The number of hydrogen-bond acceptors (Lipinski definition) is 22. The molecule has 30 nitrogen and oxygen atoms in total. The van der Waals surface area contributed by atoms with Crippen LogP contribution >= 0.6 is 45.3 Å². The van der Waals surface area contributed by atoms with E-state index in [1.807, 2.05) is 153 Å². The molecule has 111 heavy (non-hydrogen) atoms. The van der Waals surface area contributed by atoms with Crippen molar-refractivity contribution in [3.63, 3.8) is 0 Å². The highest BCUT2D eigenvalue weighted by Gasteiger charge is 2.31. The Morgan fingerprint density at radius 1 is 0.378 bits per heavy atom. The van der Waals surface area contributed by atoms with E-state index in [4.69, 9.17) is 32.9 Å². The zero-order valence-corrected chi connectivity index (χ0v) is 66.1. The van der Waals surface area contributed by atoms with Gasteiger partial charge in [-0.15, -0.1) is 45.3 Å². The molecule has 12 N–H and O–H groups in total. The number of methoxy groups -OCH3 is 3. The van der Waals surface area contributed by atoms with Crippen molar-refractivity contribution >= 4 is 129 Å². The third-order valence-corrected chi connectivity index (χ3v) is 21.5. The smallest absolute Gasteiger partial charge is 0.407 e. The summed E-state index contributed by atoms with van der Waals surface area (Å²) in [5.74, 6) is -1.20. The van der Waals surface area contributed by atoms with Gasteiger partial charge < -0.3 is 46.1 Å². The molecular formula is C74H82N12O18S7. The first-order valence-electron chi connectivity index (χ1n) is 34.0. The SMILES string of the molecule is CCc1csc([C@H](Cc2ccc(NS(=O)(=O)O)cc2)NC(=O)[C@H](Cc2ccccc2)NC(=O)OC)n1.CCc1nc([C@H](Cc2ccc(NS(=O)(=O)O)cc2)NC(=O)[C@H](Cc2ccccc2)NC(=O)OC)cs1.COC(=O)N[C@@H](Cc1ccccc1)C(=O)N[C@@H](Cc1ccc(NS(=O)(=O)O)cc1)c1nc(-c2cccs2)cs1. The molecule has 0 saturated carbocycles. The molecule has 0 unspecified atom stereocenters. The number of benzene rings is 6. The Balaban J connectivity index is 0.000000209. The van der Waals surface area contributed by atoms with E-state index >= 15 is 0 Å². The topological polar surface area (TPSA) is 440 Å². The van der Waals surface area contributed by atoms with E-state index in [0.717, 1.165) is 67.5 Å². The summed E-state index contributed by atoms with van der Waals surface area (Å²) in [6.45, 7) is 3.98. The lowest BCUT2D eigenvalue weighted by molar-refractivity contribution is -0.124. The number of alkyl carbamates (subject to hydrolysis) is 3. The molecule has 6 amide bonds. The minimum atomic E-state index is -4.40. The van der Waals surface area contributed by atoms with Gasteiger partial charge in [0.1, 0.15) is 28.1 Å². The van der Waals surface area contributed by atoms with Crippen molar-refractivity contribution in [1.82, 2.24) is 46.9 Å². The summed E-state index contributed by atoms with van der Waals surface area (Å²) in [7, 11) is -9.46. The average molecular weight is 1650 g/mol. The minimum absolute atomic E-state index is 0.196. The number of rotatable bonds is 33. The number of amides is 6. The maximum atomic E-state index is 13.5. The zero-order chi connectivity index (χ0) is 80.1. The molecule has 6 atom stereocenters. The number of thiazole rings is 3. The number of hydrogen-bond donors (Lipinski definition) is 12. The van der Waals surface area contributed by atoms with Crippen molar-refractivity contribution in [1.29, 1.82) is 0 Å². The van der Waals surface area contributed by atoms with Gasteiger partial charge in [0.2, 0.25) is 17.7 Å². The fourth-order valence-electron chi connectivity index (χ4n) is 10.8. The van der Waals surface area contributed by atoms with E-state index in [1.54, 1.807) is 47.7 Å². The molecule has 0 radical (unpaired) electrons. The molecule has 10 aromatic rings. The second kappa shape index (κ2) is 41.9. The fraction of sp³-hybridized carbons (Fsp3) is 0.257. The van der Waals surface area contributed by atoms with Crippen molar-refractivity contribution in [3.8, 4) is 10.6 Å². The van der Waals surface area contributed by atoms with Crippen LogP contribution < -0.4 is 46.1 Å². The molecule has 0 bridgehead atoms. The maximum Gasteiger partial charge on any atom is 0.407 e. The molecule has 0 aliphatic heterocycles. The predicted molar refractivity (Wildman–Crippen MR) is 425 cm³/mol. The molecule has 4 aromatic heterocycles. The van der Waals surface area contributed by atoms with Crippen molar-refractivity contribution in [2.45, 2.75) is 101 Å². The molecular weight excluding hydrogens is 1570 g/mol. The number of ether oxygens (including phenoxy) is 3. The van der Waals surface area contributed by atoms with Crippen LogP contribution in [-0.2, 0) is 111 Å². The Kier molecular flexibility index (Phi) is 32.4. The summed E-state index contributed by atoms with van der Waals surface area (Å²) >= 11 is 5.88. The second-order valence-electron chi connectivity index (χ2n) is 24.4. The first-order chi connectivity index (χ1) is 53.0. The Bertz CT molecular complexity index is 4810. The first kappa shape index (κ1) is 85.9. The maximum absolute atomic E-state index is 13.5. The van der Waals surface area contributed by atoms with Gasteiger partial charge in [0.15, 0.2) is 0 Å². The van der Waals surface area contributed by atoms with Gasteiger partial charge in [-0.1, -0.05) is 147 Å². The van der Waals surface area contributed by atoms with Gasteiger partial charge in [-0.05, 0) is 113 Å². The molecule has 37 heteroatoms. The first-order valence-corrected chi connectivity index (χ1v) is 41.8. The van der Waals surface area contributed by atoms with Gasteiger partial charge in [0.25, 0.3) is 0 Å². The van der Waals surface area contributed by atoms with Gasteiger partial charge in [0, 0.05) is 35.4 Å². The van der Waals surface area contributed by atoms with Crippen molar-refractivity contribution in [2.75, 3.05) is 35.5 Å². The third-order valence-electron chi connectivity index (χ3n) is 16.2. The predicted octanol–water partition coefficient (Wildman–Crippen LogP) is 11.0. The Morgan fingerprint density at radius 3 is 1.05 bits per heavy atom. The zero-order valence-electron chi connectivity index (χ0n) is 60.3. The average Bonchev–Trinajstić information content (AvgIpc) is 1.71. The largest absolute Gasteiger partial charge is 0.453 e. The Morgan fingerprint density at radius 2 is 0.730 bits per heavy atom. The molecule has 0 aliphatic rings. The Hall–Kier alpha value is -10.7. The van der Waals surface area contributed by atoms with Gasteiger partial charge in [-0.2, -0.15) is 25.3 Å². The number of thiophene rings is 1. The normalized spacial score (nSPS) is 12.8. The highest BCUT2D eigenvalue weighted by molar-refractivity contribution is 7.87. The number of aryl methyl sites for hydroxylation is 2. The van der Waals surface area contributed by atoms with Crippen molar-refractivity contribution in [2.24, 2.45) is 0 Å². The van der Waals surface area contributed by atoms with Crippen LogP contribution in [0.5, 0.6) is 0 Å². The van der Waals surface area contributed by atoms with E-state index in [0.29, 0.717) is 35.0 Å². The van der Waals surface area contributed by atoms with E-state index < -0.39 is 103 Å². The monoisotopic (exact) mass is 1650 g/mol. The molecule has 588 valence electrons. The van der Waals surface area contributed by atoms with E-state index in [-0.39, 0.29) is 36.3 Å². The molecule has 0 spiro atoms. The molecule has 10 rings (SSSR count). The molecule has 0 fully saturated rings. The summed E-state index contributed by atoms with van der Waals surface area (Å²) in [6, 6.07) is 46.8. The van der Waals surface area contributed by atoms with Crippen LogP contribution in [0.1, 0.15) is 91.8 Å². The van der Waals surface area contributed by atoms with Crippen LogP contribution in [0.15, 0.2) is 197 Å². The number of nitrogens with zero attached hydrogens (tertiary/aromatic N) is 3. The van der Waals surface area contributed by atoms with Gasteiger partial charge >= 0.3 is 49.2 Å². The number of anilines is 3.